The topological polar surface area (TPSA) is 75.1 Å². The fourth-order valence-corrected chi connectivity index (χ4v) is 1.33. The van der Waals surface area contributed by atoms with Crippen LogP contribution in [0, 0.1) is 5.41 Å². The highest BCUT2D eigenvalue weighted by atomic mass is 16.7. The van der Waals surface area contributed by atoms with Crippen LogP contribution < -0.4 is 10.8 Å². The van der Waals surface area contributed by atoms with Crippen molar-refractivity contribution in [2.75, 3.05) is 7.05 Å². The maximum Gasteiger partial charge on any atom is 0.431 e. The van der Waals surface area contributed by atoms with E-state index < -0.39 is 6.09 Å². The summed E-state index contributed by atoms with van der Waals surface area (Å²) >= 11 is 0. The highest BCUT2D eigenvalue weighted by Gasteiger charge is 2.30. The number of amidine groups is 1. The smallest absolute Gasteiger partial charge is 0.323 e. The molecule has 1 aliphatic heterocycles. The number of rotatable bonds is 0. The van der Waals surface area contributed by atoms with Gasteiger partial charge < -0.3 is 10.2 Å². The minimum atomic E-state index is -0.556. The number of nitrogens with one attached hydrogen (secondary N) is 2. The molecule has 6 heteroatoms. The van der Waals surface area contributed by atoms with Gasteiger partial charge in [-0.05, 0) is 13.3 Å². The first-order valence-electron chi connectivity index (χ1n) is 4.72. The average Bonchev–Trinajstić information content (AvgIpc) is 2.14. The summed E-state index contributed by atoms with van der Waals surface area (Å²) in [6, 6.07) is 0. The molecular formula is C9H16N4O2. The van der Waals surface area contributed by atoms with E-state index in [9.17, 15) is 4.79 Å². The molecule has 1 heterocycles. The summed E-state index contributed by atoms with van der Waals surface area (Å²) in [4.78, 5) is 15.5. The van der Waals surface area contributed by atoms with Crippen molar-refractivity contribution in [2.45, 2.75) is 27.2 Å². The zero-order valence-electron chi connectivity index (χ0n) is 9.42. The Morgan fingerprint density at radius 2 is 2.13 bits per heavy atom. The molecule has 15 heavy (non-hydrogen) atoms. The molecule has 1 amide bonds. The van der Waals surface area contributed by atoms with E-state index in [4.69, 9.17) is 4.84 Å². The molecular weight excluding hydrogens is 196 g/mol. The molecule has 0 aromatic heterocycles. The number of nitrogens with zero attached hydrogens (tertiary/aromatic N) is 2. The molecule has 0 radical (unpaired) electrons. The second-order valence-electron chi connectivity index (χ2n) is 4.09. The summed E-state index contributed by atoms with van der Waals surface area (Å²) in [5.41, 5.74) is 3.28. The Kier molecular flexibility index (Phi) is 3.28. The van der Waals surface area contributed by atoms with Crippen LogP contribution in [-0.2, 0) is 4.84 Å². The predicted octanol–water partition coefficient (Wildman–Crippen LogP) is 1.05. The molecule has 84 valence electrons. The summed E-state index contributed by atoms with van der Waals surface area (Å²) in [7, 11) is 1.49. The van der Waals surface area contributed by atoms with Gasteiger partial charge in [-0.15, -0.1) is 5.10 Å². The Morgan fingerprint density at radius 1 is 1.47 bits per heavy atom. The maximum absolute atomic E-state index is 10.8. The number of carbonyl (C=O) groups excluding carboxylic acids is 1. The van der Waals surface area contributed by atoms with Gasteiger partial charge in [0.1, 0.15) is 0 Å². The van der Waals surface area contributed by atoms with Gasteiger partial charge in [-0.1, -0.05) is 13.8 Å². The van der Waals surface area contributed by atoms with Gasteiger partial charge in [0.2, 0.25) is 0 Å². The lowest BCUT2D eigenvalue weighted by Crippen LogP contribution is -2.42. The number of hydrogen-bond acceptors (Lipinski definition) is 5. The minimum absolute atomic E-state index is 0.195. The molecule has 0 aliphatic carbocycles. The van der Waals surface area contributed by atoms with Crippen molar-refractivity contribution in [1.82, 2.24) is 10.8 Å². The van der Waals surface area contributed by atoms with Gasteiger partial charge in [0.15, 0.2) is 5.84 Å². The highest BCUT2D eigenvalue weighted by Crippen LogP contribution is 2.25. The molecule has 0 unspecified atom stereocenters. The van der Waals surface area contributed by atoms with E-state index in [1.807, 2.05) is 20.8 Å². The second-order valence-corrected chi connectivity index (χ2v) is 4.09. The standard InChI is InChI=1S/C9H16N4O2/c1-6-5-9(2,3)7(12-11-6)13-15-8(14)10-4/h5H2,1-4H3,(H,10,14)(H,12,13). The van der Waals surface area contributed by atoms with Gasteiger partial charge in [-0.2, -0.15) is 5.10 Å². The van der Waals surface area contributed by atoms with Gasteiger partial charge in [0.25, 0.3) is 0 Å². The molecule has 0 spiro atoms. The summed E-state index contributed by atoms with van der Waals surface area (Å²) in [6.07, 6.45) is 0.232. The van der Waals surface area contributed by atoms with Crippen molar-refractivity contribution in [3.63, 3.8) is 0 Å². The van der Waals surface area contributed by atoms with Gasteiger partial charge in [-0.3, -0.25) is 0 Å². The third-order valence-electron chi connectivity index (χ3n) is 2.10. The summed E-state index contributed by atoms with van der Waals surface area (Å²) in [5, 5.41) is 10.2. The monoisotopic (exact) mass is 212 g/mol. The van der Waals surface area contributed by atoms with Crippen LogP contribution in [0.4, 0.5) is 4.79 Å². The van der Waals surface area contributed by atoms with Crippen LogP contribution >= 0.6 is 0 Å². The SMILES string of the molecule is CNC(=O)ONC1=NN=C(C)CC1(C)C. The molecule has 0 aromatic carbocycles. The van der Waals surface area contributed by atoms with Crippen LogP contribution in [0.25, 0.3) is 0 Å². The molecule has 0 saturated carbocycles. The first-order valence-corrected chi connectivity index (χ1v) is 4.72. The largest absolute Gasteiger partial charge is 0.431 e. The zero-order chi connectivity index (χ0) is 11.5. The number of hydrogen-bond donors (Lipinski definition) is 2. The van der Waals surface area contributed by atoms with E-state index in [0.29, 0.717) is 5.84 Å². The van der Waals surface area contributed by atoms with E-state index >= 15 is 0 Å². The maximum atomic E-state index is 10.8. The van der Waals surface area contributed by atoms with Crippen molar-refractivity contribution < 1.29 is 9.63 Å². The number of amides is 1. The fraction of sp³-hybridized carbons (Fsp3) is 0.667. The fourth-order valence-electron chi connectivity index (χ4n) is 1.33. The lowest BCUT2D eigenvalue weighted by atomic mass is 9.85. The van der Waals surface area contributed by atoms with Crippen molar-refractivity contribution in [2.24, 2.45) is 15.6 Å². The van der Waals surface area contributed by atoms with Crippen molar-refractivity contribution in [1.29, 1.82) is 0 Å². The summed E-state index contributed by atoms with van der Waals surface area (Å²) in [5.74, 6) is 0.553. The van der Waals surface area contributed by atoms with E-state index in [-0.39, 0.29) is 5.41 Å². The van der Waals surface area contributed by atoms with Crippen LogP contribution in [0.1, 0.15) is 27.2 Å². The van der Waals surface area contributed by atoms with Crippen LogP contribution in [0.5, 0.6) is 0 Å². The Morgan fingerprint density at radius 3 is 2.67 bits per heavy atom. The molecule has 1 aliphatic rings. The van der Waals surface area contributed by atoms with Crippen LogP contribution in [0.2, 0.25) is 0 Å². The molecule has 0 aromatic rings. The quantitative estimate of drug-likeness (QED) is 0.589. The van der Waals surface area contributed by atoms with Gasteiger partial charge in [-0.25, -0.2) is 10.3 Å². The van der Waals surface area contributed by atoms with Gasteiger partial charge >= 0.3 is 6.09 Å². The lowest BCUT2D eigenvalue weighted by Gasteiger charge is -2.28. The van der Waals surface area contributed by atoms with Crippen LogP contribution in [0.15, 0.2) is 10.2 Å². The van der Waals surface area contributed by atoms with E-state index in [0.717, 1.165) is 12.1 Å². The van der Waals surface area contributed by atoms with Crippen molar-refractivity contribution in [3.8, 4) is 0 Å². The zero-order valence-corrected chi connectivity index (χ0v) is 9.42. The van der Waals surface area contributed by atoms with E-state index in [1.54, 1.807) is 0 Å². The third-order valence-corrected chi connectivity index (χ3v) is 2.10. The van der Waals surface area contributed by atoms with Crippen LogP contribution in [0.3, 0.4) is 0 Å². The Labute approximate surface area is 88.7 Å². The molecule has 0 saturated heterocycles. The highest BCUT2D eigenvalue weighted by molar-refractivity contribution is 5.96. The van der Waals surface area contributed by atoms with Crippen LogP contribution in [-0.4, -0.2) is 24.7 Å². The summed E-state index contributed by atoms with van der Waals surface area (Å²) < 4.78 is 0. The van der Waals surface area contributed by atoms with E-state index in [1.165, 1.54) is 7.05 Å². The summed E-state index contributed by atoms with van der Waals surface area (Å²) in [6.45, 7) is 5.93. The molecule has 0 bridgehead atoms. The Hall–Kier alpha value is -1.59. The normalized spacial score (nSPS) is 18.7. The molecule has 0 atom stereocenters. The number of hydroxylamine groups is 1. The molecule has 6 nitrogen and oxygen atoms in total. The number of carbonyl (C=O) groups is 1. The first-order chi connectivity index (χ1) is 6.95. The van der Waals surface area contributed by atoms with Crippen molar-refractivity contribution >= 4 is 17.6 Å². The third kappa shape index (κ3) is 2.93. The van der Waals surface area contributed by atoms with Gasteiger partial charge in [0, 0.05) is 18.2 Å². The first kappa shape index (κ1) is 11.5. The predicted molar refractivity (Wildman–Crippen MR) is 57.6 cm³/mol. The Bertz CT molecular complexity index is 320. The molecule has 2 N–H and O–H groups in total. The van der Waals surface area contributed by atoms with E-state index in [2.05, 4.69) is 21.0 Å². The molecule has 1 rings (SSSR count). The lowest BCUT2D eigenvalue weighted by molar-refractivity contribution is 0.117. The Balaban J connectivity index is 2.64. The second kappa shape index (κ2) is 4.29. The minimum Gasteiger partial charge on any atom is -0.323 e. The molecule has 0 fully saturated rings. The van der Waals surface area contributed by atoms with Crippen molar-refractivity contribution in [3.05, 3.63) is 0 Å². The average molecular weight is 212 g/mol. The van der Waals surface area contributed by atoms with Gasteiger partial charge in [0.05, 0.1) is 0 Å².